The minimum absolute atomic E-state index is 0.0795. The molecule has 1 heterocycles. The standard InChI is InChI=1S/C22H24N4O3/c1-15(2)26(14-19-24-18-11-7-6-10-17(18)22(29)25-19)20(27)12-13-23-21(28)16-8-4-3-5-9-16/h3-11,15H,12-14H2,1-2H3,(H,23,28)(H,24,25,29). The summed E-state index contributed by atoms with van der Waals surface area (Å²) < 4.78 is 0. The van der Waals surface area contributed by atoms with Crippen molar-refractivity contribution in [1.29, 1.82) is 0 Å². The fourth-order valence-electron chi connectivity index (χ4n) is 3.05. The molecule has 2 N–H and O–H groups in total. The molecule has 0 aliphatic heterocycles. The Morgan fingerprint density at radius 1 is 1.07 bits per heavy atom. The second-order valence-corrected chi connectivity index (χ2v) is 7.02. The molecule has 0 fully saturated rings. The Balaban J connectivity index is 1.64. The van der Waals surface area contributed by atoms with Gasteiger partial charge in [0.25, 0.3) is 11.5 Å². The summed E-state index contributed by atoms with van der Waals surface area (Å²) in [4.78, 5) is 45.9. The average Bonchev–Trinajstić information content (AvgIpc) is 2.72. The topological polar surface area (TPSA) is 95.2 Å². The van der Waals surface area contributed by atoms with E-state index in [-0.39, 0.29) is 42.9 Å². The molecular weight excluding hydrogens is 368 g/mol. The highest BCUT2D eigenvalue weighted by Crippen LogP contribution is 2.10. The molecule has 0 radical (unpaired) electrons. The monoisotopic (exact) mass is 392 g/mol. The van der Waals surface area contributed by atoms with Gasteiger partial charge in [-0.15, -0.1) is 0 Å². The maximum absolute atomic E-state index is 12.7. The van der Waals surface area contributed by atoms with Crippen molar-refractivity contribution in [2.24, 2.45) is 0 Å². The number of hydrogen-bond donors (Lipinski definition) is 2. The molecule has 0 unspecified atom stereocenters. The Hall–Kier alpha value is -3.48. The number of para-hydroxylation sites is 1. The Morgan fingerprint density at radius 3 is 2.48 bits per heavy atom. The fraction of sp³-hybridized carbons (Fsp3) is 0.273. The third kappa shape index (κ3) is 5.07. The van der Waals surface area contributed by atoms with Gasteiger partial charge in [0.2, 0.25) is 5.91 Å². The van der Waals surface area contributed by atoms with Crippen LogP contribution < -0.4 is 10.9 Å². The summed E-state index contributed by atoms with van der Waals surface area (Å²) in [6.07, 6.45) is 0.161. The minimum atomic E-state index is -0.225. The molecule has 1 aromatic heterocycles. The first-order chi connectivity index (χ1) is 14.0. The predicted molar refractivity (Wildman–Crippen MR) is 111 cm³/mol. The molecule has 7 nitrogen and oxygen atoms in total. The van der Waals surface area contributed by atoms with E-state index in [9.17, 15) is 14.4 Å². The van der Waals surface area contributed by atoms with Crippen LogP contribution in [0.5, 0.6) is 0 Å². The smallest absolute Gasteiger partial charge is 0.258 e. The van der Waals surface area contributed by atoms with Crippen molar-refractivity contribution in [1.82, 2.24) is 20.2 Å². The maximum Gasteiger partial charge on any atom is 0.258 e. The van der Waals surface area contributed by atoms with Gasteiger partial charge in [0, 0.05) is 24.6 Å². The number of carbonyl (C=O) groups excluding carboxylic acids is 2. The van der Waals surface area contributed by atoms with Crippen LogP contribution >= 0.6 is 0 Å². The molecule has 0 atom stereocenters. The first-order valence-electron chi connectivity index (χ1n) is 9.56. The highest BCUT2D eigenvalue weighted by molar-refractivity contribution is 5.94. The highest BCUT2D eigenvalue weighted by Gasteiger charge is 2.19. The SMILES string of the molecule is CC(C)N(Cc1nc2ccccc2c(=O)[nH]1)C(=O)CCNC(=O)c1ccccc1. The van der Waals surface area contributed by atoms with E-state index in [0.29, 0.717) is 22.3 Å². The van der Waals surface area contributed by atoms with Crippen LogP contribution in [0.1, 0.15) is 36.5 Å². The second kappa shape index (κ2) is 9.14. The molecule has 2 amide bonds. The summed E-state index contributed by atoms with van der Waals surface area (Å²) in [6, 6.07) is 15.9. The van der Waals surface area contributed by atoms with Gasteiger partial charge < -0.3 is 15.2 Å². The molecule has 0 spiro atoms. The average molecular weight is 392 g/mol. The van der Waals surface area contributed by atoms with Crippen LogP contribution in [0, 0.1) is 0 Å². The van der Waals surface area contributed by atoms with E-state index >= 15 is 0 Å². The van der Waals surface area contributed by atoms with E-state index in [1.807, 2.05) is 26.0 Å². The number of benzene rings is 2. The van der Waals surface area contributed by atoms with E-state index in [4.69, 9.17) is 0 Å². The number of carbonyl (C=O) groups is 2. The van der Waals surface area contributed by atoms with Crippen LogP contribution in [0.2, 0.25) is 0 Å². The summed E-state index contributed by atoms with van der Waals surface area (Å²) in [7, 11) is 0. The highest BCUT2D eigenvalue weighted by atomic mass is 16.2. The summed E-state index contributed by atoms with van der Waals surface area (Å²) in [5, 5.41) is 3.28. The van der Waals surface area contributed by atoms with Gasteiger partial charge in [-0.2, -0.15) is 0 Å². The van der Waals surface area contributed by atoms with Crippen LogP contribution in [-0.4, -0.2) is 39.3 Å². The number of hydrogen-bond acceptors (Lipinski definition) is 4. The molecule has 0 aliphatic carbocycles. The lowest BCUT2D eigenvalue weighted by molar-refractivity contribution is -0.133. The number of fused-ring (bicyclic) bond motifs is 1. The Morgan fingerprint density at radius 2 is 1.76 bits per heavy atom. The van der Waals surface area contributed by atoms with Crippen molar-refractivity contribution >= 4 is 22.7 Å². The van der Waals surface area contributed by atoms with E-state index < -0.39 is 0 Å². The fourth-order valence-corrected chi connectivity index (χ4v) is 3.05. The van der Waals surface area contributed by atoms with E-state index in [0.717, 1.165) is 0 Å². The van der Waals surface area contributed by atoms with Crippen LogP contribution in [0.4, 0.5) is 0 Å². The quantitative estimate of drug-likeness (QED) is 0.646. The Labute approximate surface area is 168 Å². The lowest BCUT2D eigenvalue weighted by Gasteiger charge is -2.26. The Bertz CT molecular complexity index is 1060. The van der Waals surface area contributed by atoms with Crippen molar-refractivity contribution in [3.63, 3.8) is 0 Å². The van der Waals surface area contributed by atoms with Crippen LogP contribution in [0.3, 0.4) is 0 Å². The number of H-pyrrole nitrogens is 1. The summed E-state index contributed by atoms with van der Waals surface area (Å²) in [5.41, 5.74) is 0.924. The van der Waals surface area contributed by atoms with Gasteiger partial charge in [-0.05, 0) is 38.1 Å². The molecular formula is C22H24N4O3. The number of aromatic amines is 1. The molecule has 2 aromatic carbocycles. The predicted octanol–water partition coefficient (Wildman–Crippen LogP) is 2.48. The van der Waals surface area contributed by atoms with Gasteiger partial charge in [-0.3, -0.25) is 14.4 Å². The third-order valence-corrected chi connectivity index (χ3v) is 4.59. The largest absolute Gasteiger partial charge is 0.352 e. The third-order valence-electron chi connectivity index (χ3n) is 4.59. The molecule has 7 heteroatoms. The normalized spacial score (nSPS) is 10.9. The lowest BCUT2D eigenvalue weighted by atomic mass is 10.2. The zero-order valence-corrected chi connectivity index (χ0v) is 16.5. The molecule has 0 saturated heterocycles. The van der Waals surface area contributed by atoms with Crippen molar-refractivity contribution in [3.05, 3.63) is 76.3 Å². The number of aromatic nitrogens is 2. The molecule has 150 valence electrons. The number of nitrogens with one attached hydrogen (secondary N) is 2. The van der Waals surface area contributed by atoms with E-state index in [2.05, 4.69) is 15.3 Å². The van der Waals surface area contributed by atoms with Crippen LogP contribution in [0.15, 0.2) is 59.4 Å². The summed E-state index contributed by atoms with van der Waals surface area (Å²) in [6.45, 7) is 4.24. The molecule has 3 aromatic rings. The van der Waals surface area contributed by atoms with Gasteiger partial charge in [0.15, 0.2) is 0 Å². The lowest BCUT2D eigenvalue weighted by Crippen LogP contribution is -2.39. The molecule has 0 aliphatic rings. The van der Waals surface area contributed by atoms with Crippen LogP contribution in [0.25, 0.3) is 10.9 Å². The Kier molecular flexibility index (Phi) is 6.39. The van der Waals surface area contributed by atoms with Crippen molar-refractivity contribution < 1.29 is 9.59 Å². The molecule has 0 saturated carbocycles. The second-order valence-electron chi connectivity index (χ2n) is 7.02. The summed E-state index contributed by atoms with van der Waals surface area (Å²) in [5.74, 6) is 0.100. The zero-order valence-electron chi connectivity index (χ0n) is 16.5. The first-order valence-corrected chi connectivity index (χ1v) is 9.56. The maximum atomic E-state index is 12.7. The van der Waals surface area contributed by atoms with Gasteiger partial charge in [0.1, 0.15) is 5.82 Å². The number of amides is 2. The van der Waals surface area contributed by atoms with E-state index in [1.54, 1.807) is 47.4 Å². The van der Waals surface area contributed by atoms with Crippen LogP contribution in [-0.2, 0) is 11.3 Å². The summed E-state index contributed by atoms with van der Waals surface area (Å²) >= 11 is 0. The van der Waals surface area contributed by atoms with Gasteiger partial charge >= 0.3 is 0 Å². The van der Waals surface area contributed by atoms with E-state index in [1.165, 1.54) is 0 Å². The van der Waals surface area contributed by atoms with Gasteiger partial charge in [0.05, 0.1) is 17.4 Å². The molecule has 29 heavy (non-hydrogen) atoms. The van der Waals surface area contributed by atoms with Gasteiger partial charge in [-0.25, -0.2) is 4.98 Å². The minimum Gasteiger partial charge on any atom is -0.352 e. The van der Waals surface area contributed by atoms with Crippen molar-refractivity contribution in [2.45, 2.75) is 32.9 Å². The molecule has 3 rings (SSSR count). The first kappa shape index (κ1) is 20.3. The van der Waals surface area contributed by atoms with Crippen molar-refractivity contribution in [2.75, 3.05) is 6.54 Å². The number of rotatable bonds is 7. The van der Waals surface area contributed by atoms with Gasteiger partial charge in [-0.1, -0.05) is 30.3 Å². The number of nitrogens with zero attached hydrogens (tertiary/aromatic N) is 2. The van der Waals surface area contributed by atoms with Crippen molar-refractivity contribution in [3.8, 4) is 0 Å². The molecule has 0 bridgehead atoms. The zero-order chi connectivity index (χ0) is 20.8.